The van der Waals surface area contributed by atoms with Crippen LogP contribution in [0.4, 0.5) is 8.78 Å². The molecule has 0 bridgehead atoms. The highest BCUT2D eigenvalue weighted by Gasteiger charge is 2.15. The number of hydrogen-bond acceptors (Lipinski definition) is 3. The fourth-order valence-corrected chi connectivity index (χ4v) is 2.07. The number of carboxylic acid groups (broad SMARTS) is 1. The molecule has 0 saturated carbocycles. The molecule has 3 aromatic rings. The molecule has 0 aliphatic heterocycles. The summed E-state index contributed by atoms with van der Waals surface area (Å²) in [7, 11) is 0. The first-order valence-corrected chi connectivity index (χ1v) is 6.10. The van der Waals surface area contributed by atoms with Crippen LogP contribution in [-0.4, -0.2) is 16.1 Å². The van der Waals surface area contributed by atoms with Crippen molar-refractivity contribution in [2.24, 2.45) is 0 Å². The molecule has 0 aliphatic carbocycles. The summed E-state index contributed by atoms with van der Waals surface area (Å²) in [4.78, 5) is 15.2. The molecular formula is C15H9F2NO3. The topological polar surface area (TPSA) is 63.3 Å². The van der Waals surface area contributed by atoms with Crippen LogP contribution >= 0.6 is 0 Å². The number of halogens is 2. The number of aromatic nitrogens is 1. The van der Waals surface area contributed by atoms with E-state index in [2.05, 4.69) is 4.98 Å². The lowest BCUT2D eigenvalue weighted by Crippen LogP contribution is -1.97. The third-order valence-corrected chi connectivity index (χ3v) is 3.05. The summed E-state index contributed by atoms with van der Waals surface area (Å²) in [5.41, 5.74) is 0.761. The fourth-order valence-electron chi connectivity index (χ4n) is 2.07. The average molecular weight is 289 g/mol. The fraction of sp³-hybridized carbons (Fsp3) is 0.0667. The van der Waals surface area contributed by atoms with E-state index in [4.69, 9.17) is 9.52 Å². The second-order valence-corrected chi connectivity index (χ2v) is 4.48. The molecule has 2 aromatic carbocycles. The van der Waals surface area contributed by atoms with Gasteiger partial charge in [0.1, 0.15) is 17.2 Å². The Morgan fingerprint density at radius 3 is 2.76 bits per heavy atom. The standard InChI is InChI=1S/C15H9F2NO3/c16-9-5-4-8(11(17)7-9)6-13-18-14-10(15(19)20)2-1-3-12(14)21-13/h1-5,7H,6H2,(H,19,20). The molecule has 0 atom stereocenters. The van der Waals surface area contributed by atoms with Gasteiger partial charge < -0.3 is 9.52 Å². The quantitative estimate of drug-likeness (QED) is 0.802. The number of hydrogen-bond donors (Lipinski definition) is 1. The Labute approximate surface area is 117 Å². The van der Waals surface area contributed by atoms with Gasteiger partial charge in [-0.1, -0.05) is 12.1 Å². The molecule has 0 radical (unpaired) electrons. The van der Waals surface area contributed by atoms with Gasteiger partial charge in [-0.05, 0) is 23.8 Å². The number of nitrogens with zero attached hydrogens (tertiary/aromatic N) is 1. The number of para-hydroxylation sites is 1. The Hall–Kier alpha value is -2.76. The normalized spacial score (nSPS) is 11.0. The van der Waals surface area contributed by atoms with Crippen molar-refractivity contribution in [3.8, 4) is 0 Å². The Morgan fingerprint density at radius 1 is 1.24 bits per heavy atom. The third kappa shape index (κ3) is 2.47. The predicted octanol–water partition coefficient (Wildman–Crippen LogP) is 3.40. The number of carboxylic acids is 1. The summed E-state index contributed by atoms with van der Waals surface area (Å²) in [6.07, 6.45) is 0.0137. The highest BCUT2D eigenvalue weighted by molar-refractivity contribution is 6.00. The number of aromatic carboxylic acids is 1. The van der Waals surface area contributed by atoms with Gasteiger partial charge in [-0.15, -0.1) is 0 Å². The van der Waals surface area contributed by atoms with E-state index in [1.54, 1.807) is 12.1 Å². The highest BCUT2D eigenvalue weighted by Crippen LogP contribution is 2.22. The Balaban J connectivity index is 2.02. The smallest absolute Gasteiger partial charge is 0.338 e. The first-order chi connectivity index (χ1) is 10.0. The maximum Gasteiger partial charge on any atom is 0.338 e. The van der Waals surface area contributed by atoms with Gasteiger partial charge >= 0.3 is 5.97 Å². The van der Waals surface area contributed by atoms with Crippen molar-refractivity contribution >= 4 is 17.1 Å². The minimum Gasteiger partial charge on any atom is -0.478 e. The van der Waals surface area contributed by atoms with Crippen LogP contribution in [0.15, 0.2) is 40.8 Å². The highest BCUT2D eigenvalue weighted by atomic mass is 19.1. The molecule has 1 heterocycles. The van der Waals surface area contributed by atoms with E-state index in [0.717, 1.165) is 12.1 Å². The molecule has 6 heteroatoms. The average Bonchev–Trinajstić information content (AvgIpc) is 2.83. The van der Waals surface area contributed by atoms with Gasteiger partial charge in [0.25, 0.3) is 0 Å². The van der Waals surface area contributed by atoms with Crippen LogP contribution < -0.4 is 0 Å². The molecule has 106 valence electrons. The molecule has 0 saturated heterocycles. The SMILES string of the molecule is O=C(O)c1cccc2oc(Cc3ccc(F)cc3F)nc12. The molecule has 3 rings (SSSR count). The molecule has 21 heavy (non-hydrogen) atoms. The number of carbonyl (C=O) groups is 1. The van der Waals surface area contributed by atoms with Crippen molar-refractivity contribution in [2.75, 3.05) is 0 Å². The van der Waals surface area contributed by atoms with Gasteiger partial charge in [0, 0.05) is 6.07 Å². The minimum absolute atomic E-state index is 0.0137. The first-order valence-electron chi connectivity index (χ1n) is 6.10. The zero-order valence-electron chi connectivity index (χ0n) is 10.6. The van der Waals surface area contributed by atoms with Crippen LogP contribution in [0, 0.1) is 11.6 Å². The second kappa shape index (κ2) is 4.97. The van der Waals surface area contributed by atoms with Crippen molar-refractivity contribution in [1.82, 2.24) is 4.98 Å². The van der Waals surface area contributed by atoms with Crippen molar-refractivity contribution in [2.45, 2.75) is 6.42 Å². The molecular weight excluding hydrogens is 280 g/mol. The molecule has 0 aliphatic rings. The Morgan fingerprint density at radius 2 is 2.05 bits per heavy atom. The summed E-state index contributed by atoms with van der Waals surface area (Å²) in [5, 5.41) is 9.07. The molecule has 4 nitrogen and oxygen atoms in total. The van der Waals surface area contributed by atoms with Crippen molar-refractivity contribution in [3.63, 3.8) is 0 Å². The van der Waals surface area contributed by atoms with Crippen LogP contribution in [0.1, 0.15) is 21.8 Å². The lowest BCUT2D eigenvalue weighted by atomic mass is 10.1. The molecule has 1 aromatic heterocycles. The maximum absolute atomic E-state index is 13.6. The van der Waals surface area contributed by atoms with Crippen LogP contribution in [0.2, 0.25) is 0 Å². The van der Waals surface area contributed by atoms with Crippen molar-refractivity contribution in [3.05, 3.63) is 65.1 Å². The van der Waals surface area contributed by atoms with E-state index in [-0.39, 0.29) is 29.0 Å². The van der Waals surface area contributed by atoms with Crippen LogP contribution in [0.5, 0.6) is 0 Å². The van der Waals surface area contributed by atoms with E-state index in [0.29, 0.717) is 5.58 Å². The van der Waals surface area contributed by atoms with Gasteiger partial charge in [0.2, 0.25) is 0 Å². The van der Waals surface area contributed by atoms with Crippen molar-refractivity contribution < 1.29 is 23.1 Å². The number of rotatable bonds is 3. The molecule has 1 N–H and O–H groups in total. The molecule has 0 spiro atoms. The van der Waals surface area contributed by atoms with Crippen LogP contribution in [-0.2, 0) is 6.42 Å². The minimum atomic E-state index is -1.12. The Kier molecular flexibility index (Phi) is 3.13. The molecule has 0 amide bonds. The first kappa shape index (κ1) is 13.2. The summed E-state index contributed by atoms with van der Waals surface area (Å²) in [6, 6.07) is 7.76. The molecule has 0 fully saturated rings. The zero-order valence-corrected chi connectivity index (χ0v) is 10.6. The Bertz CT molecular complexity index is 842. The second-order valence-electron chi connectivity index (χ2n) is 4.48. The molecule has 0 unspecified atom stereocenters. The van der Waals surface area contributed by atoms with Gasteiger partial charge in [-0.2, -0.15) is 0 Å². The number of oxazole rings is 1. The van der Waals surface area contributed by atoms with E-state index >= 15 is 0 Å². The van der Waals surface area contributed by atoms with Gasteiger partial charge in [0.05, 0.1) is 12.0 Å². The van der Waals surface area contributed by atoms with Crippen LogP contribution in [0.25, 0.3) is 11.1 Å². The summed E-state index contributed by atoms with van der Waals surface area (Å²) >= 11 is 0. The van der Waals surface area contributed by atoms with Gasteiger partial charge in [-0.3, -0.25) is 0 Å². The van der Waals surface area contributed by atoms with E-state index < -0.39 is 17.6 Å². The lowest BCUT2D eigenvalue weighted by Gasteiger charge is -1.99. The largest absolute Gasteiger partial charge is 0.478 e. The van der Waals surface area contributed by atoms with Crippen molar-refractivity contribution in [1.29, 1.82) is 0 Å². The zero-order chi connectivity index (χ0) is 15.0. The lowest BCUT2D eigenvalue weighted by molar-refractivity contribution is 0.0699. The van der Waals surface area contributed by atoms with Crippen LogP contribution in [0.3, 0.4) is 0 Å². The summed E-state index contributed by atoms with van der Waals surface area (Å²) in [6.45, 7) is 0. The number of benzene rings is 2. The summed E-state index contributed by atoms with van der Waals surface area (Å²) in [5.74, 6) is -2.31. The number of fused-ring (bicyclic) bond motifs is 1. The summed E-state index contributed by atoms with van der Waals surface area (Å²) < 4.78 is 31.9. The monoisotopic (exact) mass is 289 g/mol. The van der Waals surface area contributed by atoms with E-state index in [1.807, 2.05) is 0 Å². The van der Waals surface area contributed by atoms with Gasteiger partial charge in [-0.25, -0.2) is 18.6 Å². The maximum atomic E-state index is 13.6. The third-order valence-electron chi connectivity index (χ3n) is 3.05. The van der Waals surface area contributed by atoms with Gasteiger partial charge in [0.15, 0.2) is 11.5 Å². The van der Waals surface area contributed by atoms with E-state index in [1.165, 1.54) is 12.1 Å². The predicted molar refractivity (Wildman–Crippen MR) is 70.1 cm³/mol. The van der Waals surface area contributed by atoms with E-state index in [9.17, 15) is 13.6 Å².